The van der Waals surface area contributed by atoms with Gasteiger partial charge in [0.05, 0.1) is 6.04 Å². The predicted octanol–water partition coefficient (Wildman–Crippen LogP) is 3.00. The Kier molecular flexibility index (Phi) is 10.4. The molecule has 3 amide bonds. The molecule has 0 fully saturated rings. The van der Waals surface area contributed by atoms with Gasteiger partial charge in [-0.2, -0.15) is 0 Å². The fourth-order valence-corrected chi connectivity index (χ4v) is 5.24. The monoisotopic (exact) mass is 602 g/mol. The number of nitrogens with one attached hydrogen (secondary N) is 5. The first-order chi connectivity index (χ1) is 21.0. The number of nitrogens with two attached hydrogens (primary N) is 1. The number of fused-ring (bicyclic) bond motifs is 2. The second kappa shape index (κ2) is 14.2. The predicted molar refractivity (Wildman–Crippen MR) is 170 cm³/mol. The smallest absolute Gasteiger partial charge is 0.326 e. The van der Waals surface area contributed by atoms with Gasteiger partial charge in [-0.05, 0) is 35.1 Å². The molecular weight excluding hydrogens is 560 g/mol. The summed E-state index contributed by atoms with van der Waals surface area (Å²) in [4.78, 5) is 59.1. The number of carbonyl (C=O) groups excluding carboxylic acids is 3. The van der Waals surface area contributed by atoms with Gasteiger partial charge in [0, 0.05) is 47.0 Å². The highest BCUT2D eigenvalue weighted by Crippen LogP contribution is 2.21. The summed E-state index contributed by atoms with van der Waals surface area (Å²) in [5.41, 5.74) is 9.44. The molecule has 11 heteroatoms. The molecule has 5 atom stereocenters. The second-order valence-electron chi connectivity index (χ2n) is 11.7. The van der Waals surface area contributed by atoms with Crippen LogP contribution in [0.5, 0.6) is 0 Å². The van der Waals surface area contributed by atoms with Crippen molar-refractivity contribution in [3.05, 3.63) is 72.1 Å². The van der Waals surface area contributed by atoms with Gasteiger partial charge in [0.15, 0.2) is 0 Å². The van der Waals surface area contributed by atoms with Crippen LogP contribution in [-0.4, -0.2) is 62.9 Å². The number of carboxylic acids is 1. The lowest BCUT2D eigenvalue weighted by molar-refractivity contribution is -0.143. The summed E-state index contributed by atoms with van der Waals surface area (Å²) in [5.74, 6) is -3.37. The van der Waals surface area contributed by atoms with Crippen molar-refractivity contribution in [3.8, 4) is 0 Å². The van der Waals surface area contributed by atoms with Crippen molar-refractivity contribution in [2.24, 2.45) is 17.6 Å². The normalized spacial score (nSPS) is 15.0. The highest BCUT2D eigenvalue weighted by Gasteiger charge is 2.33. The average Bonchev–Trinajstić information content (AvgIpc) is 3.61. The van der Waals surface area contributed by atoms with Crippen LogP contribution in [0.2, 0.25) is 0 Å². The minimum absolute atomic E-state index is 0.0910. The fraction of sp³-hybridized carbons (Fsp3) is 0.394. The summed E-state index contributed by atoms with van der Waals surface area (Å²) < 4.78 is 0. The minimum Gasteiger partial charge on any atom is -0.480 e. The lowest BCUT2D eigenvalue weighted by Gasteiger charge is -2.27. The number of aromatic amines is 2. The topological polar surface area (TPSA) is 182 Å². The first-order valence-corrected chi connectivity index (χ1v) is 15.0. The lowest BCUT2D eigenvalue weighted by atomic mass is 9.97. The molecule has 2 aromatic carbocycles. The Hall–Kier alpha value is -4.64. The number of carboxylic acid groups (broad SMARTS) is 1. The summed E-state index contributed by atoms with van der Waals surface area (Å²) >= 11 is 0. The van der Waals surface area contributed by atoms with E-state index in [4.69, 9.17) is 5.73 Å². The molecule has 4 aromatic rings. The largest absolute Gasteiger partial charge is 0.480 e. The zero-order valence-electron chi connectivity index (χ0n) is 25.5. The molecule has 11 nitrogen and oxygen atoms in total. The second-order valence-corrected chi connectivity index (χ2v) is 11.7. The van der Waals surface area contributed by atoms with E-state index in [1.807, 2.05) is 69.3 Å². The molecule has 2 aromatic heterocycles. The van der Waals surface area contributed by atoms with Crippen molar-refractivity contribution in [2.45, 2.75) is 71.1 Å². The molecule has 0 radical (unpaired) electrons. The van der Waals surface area contributed by atoms with E-state index in [0.29, 0.717) is 6.42 Å². The highest BCUT2D eigenvalue weighted by atomic mass is 16.4. The van der Waals surface area contributed by atoms with E-state index >= 15 is 0 Å². The number of H-pyrrole nitrogens is 2. The molecule has 0 aliphatic rings. The van der Waals surface area contributed by atoms with E-state index in [1.165, 1.54) is 0 Å². The van der Waals surface area contributed by atoms with Gasteiger partial charge in [-0.1, -0.05) is 70.5 Å². The quantitative estimate of drug-likeness (QED) is 0.116. The standard InChI is InChI=1S/C33H42N6O5/c1-5-19(4)29(33(43)44)39-31(41)27(15-21-17-36-25-13-9-7-11-23(21)25)37-30(40)26(38-32(42)28(34)18(2)3)14-20-16-35-24-12-8-6-10-22(20)24/h6-13,16-19,26-29,35-36H,5,14-15,34H2,1-4H3,(H,37,40)(H,38,42)(H,39,41)(H,43,44). The van der Waals surface area contributed by atoms with E-state index in [9.17, 15) is 24.3 Å². The van der Waals surface area contributed by atoms with Crippen molar-refractivity contribution in [3.63, 3.8) is 0 Å². The van der Waals surface area contributed by atoms with Gasteiger partial charge in [0.25, 0.3) is 0 Å². The van der Waals surface area contributed by atoms with E-state index in [0.717, 1.165) is 32.9 Å². The molecule has 0 saturated carbocycles. The van der Waals surface area contributed by atoms with Crippen LogP contribution in [0.1, 0.15) is 45.2 Å². The molecule has 0 aliphatic heterocycles. The number of amides is 3. The van der Waals surface area contributed by atoms with Crippen molar-refractivity contribution >= 4 is 45.5 Å². The highest BCUT2D eigenvalue weighted by molar-refractivity contribution is 5.95. The van der Waals surface area contributed by atoms with Crippen LogP contribution in [0.15, 0.2) is 60.9 Å². The van der Waals surface area contributed by atoms with Gasteiger partial charge in [-0.3, -0.25) is 14.4 Å². The van der Waals surface area contributed by atoms with Crippen molar-refractivity contribution in [1.82, 2.24) is 25.9 Å². The van der Waals surface area contributed by atoms with Crippen LogP contribution >= 0.6 is 0 Å². The molecule has 44 heavy (non-hydrogen) atoms. The number of rotatable bonds is 14. The molecule has 5 unspecified atom stereocenters. The Bertz CT molecular complexity index is 1620. The van der Waals surface area contributed by atoms with Crippen molar-refractivity contribution in [1.29, 1.82) is 0 Å². The van der Waals surface area contributed by atoms with E-state index in [-0.39, 0.29) is 24.7 Å². The number of para-hydroxylation sites is 2. The van der Waals surface area contributed by atoms with Gasteiger partial charge >= 0.3 is 5.97 Å². The third-order valence-corrected chi connectivity index (χ3v) is 8.26. The molecular formula is C33H42N6O5. The van der Waals surface area contributed by atoms with Gasteiger partial charge in [-0.25, -0.2) is 4.79 Å². The van der Waals surface area contributed by atoms with Crippen LogP contribution < -0.4 is 21.7 Å². The van der Waals surface area contributed by atoms with Crippen LogP contribution in [0, 0.1) is 11.8 Å². The minimum atomic E-state index is -1.16. The summed E-state index contributed by atoms with van der Waals surface area (Å²) in [5, 5.41) is 19.9. The summed E-state index contributed by atoms with van der Waals surface area (Å²) in [6.07, 6.45) is 4.32. The Morgan fingerprint density at radius 1 is 0.750 bits per heavy atom. The van der Waals surface area contributed by atoms with Gasteiger partial charge < -0.3 is 36.8 Å². The first-order valence-electron chi connectivity index (χ1n) is 15.0. The molecule has 234 valence electrons. The molecule has 0 bridgehead atoms. The SMILES string of the molecule is CCC(C)C(NC(=O)C(Cc1c[nH]c2ccccc12)NC(=O)C(Cc1c[nH]c2ccccc12)NC(=O)C(N)C(C)C)C(=O)O. The van der Waals surface area contributed by atoms with Gasteiger partial charge in [0.1, 0.15) is 18.1 Å². The Morgan fingerprint density at radius 2 is 1.20 bits per heavy atom. The summed E-state index contributed by atoms with van der Waals surface area (Å²) in [6.45, 7) is 7.22. The molecule has 2 heterocycles. The van der Waals surface area contributed by atoms with E-state index in [2.05, 4.69) is 25.9 Å². The van der Waals surface area contributed by atoms with Crippen LogP contribution in [-0.2, 0) is 32.0 Å². The van der Waals surface area contributed by atoms with Crippen LogP contribution in [0.25, 0.3) is 21.8 Å². The fourth-order valence-electron chi connectivity index (χ4n) is 5.24. The van der Waals surface area contributed by atoms with Gasteiger partial charge in [0.2, 0.25) is 17.7 Å². The summed E-state index contributed by atoms with van der Waals surface area (Å²) in [6, 6.07) is 11.0. The molecule has 0 saturated heterocycles. The van der Waals surface area contributed by atoms with Gasteiger partial charge in [-0.15, -0.1) is 0 Å². The van der Waals surface area contributed by atoms with Crippen molar-refractivity contribution < 1.29 is 24.3 Å². The zero-order valence-corrected chi connectivity index (χ0v) is 25.5. The Labute approximate surface area is 256 Å². The van der Waals surface area contributed by atoms with Crippen LogP contribution in [0.4, 0.5) is 0 Å². The van der Waals surface area contributed by atoms with E-state index in [1.54, 1.807) is 19.3 Å². The molecule has 4 rings (SSSR count). The number of benzene rings is 2. The maximum Gasteiger partial charge on any atom is 0.326 e. The van der Waals surface area contributed by atoms with E-state index < -0.39 is 47.9 Å². The number of carbonyl (C=O) groups is 4. The molecule has 0 spiro atoms. The number of aromatic nitrogens is 2. The third kappa shape index (κ3) is 7.46. The van der Waals surface area contributed by atoms with Crippen LogP contribution in [0.3, 0.4) is 0 Å². The number of hydrogen-bond acceptors (Lipinski definition) is 5. The molecule has 0 aliphatic carbocycles. The number of aliphatic carboxylic acids is 1. The maximum atomic E-state index is 14.0. The lowest BCUT2D eigenvalue weighted by Crippen LogP contribution is -2.59. The zero-order chi connectivity index (χ0) is 32.0. The van der Waals surface area contributed by atoms with Crippen molar-refractivity contribution in [2.75, 3.05) is 0 Å². The maximum absolute atomic E-state index is 14.0. The molecule has 8 N–H and O–H groups in total. The Morgan fingerprint density at radius 3 is 1.66 bits per heavy atom. The Balaban J connectivity index is 1.66. The third-order valence-electron chi connectivity index (χ3n) is 8.26. The summed E-state index contributed by atoms with van der Waals surface area (Å²) in [7, 11) is 0. The number of hydrogen-bond donors (Lipinski definition) is 7. The first kappa shape index (κ1) is 32.3. The average molecular weight is 603 g/mol.